The zero-order valence-corrected chi connectivity index (χ0v) is 11.5. The maximum atomic E-state index is 13.8. The van der Waals surface area contributed by atoms with Crippen LogP contribution in [0.1, 0.15) is 22.6 Å². The molecule has 0 aromatic heterocycles. The van der Waals surface area contributed by atoms with Gasteiger partial charge in [-0.1, -0.05) is 24.3 Å². The van der Waals surface area contributed by atoms with Gasteiger partial charge in [-0.15, -0.1) is 0 Å². The van der Waals surface area contributed by atoms with E-state index < -0.39 is 0 Å². The summed E-state index contributed by atoms with van der Waals surface area (Å²) in [5.74, 6) is 1.63. The molecular weight excluding hydrogens is 263 g/mol. The maximum Gasteiger partial charge on any atom is 0.147 e. The molecule has 3 atom stereocenters. The normalized spacial score (nSPS) is 24.9. The average molecular weight is 278 g/mol. The smallest absolute Gasteiger partial charge is 0.147 e. The van der Waals surface area contributed by atoms with Crippen LogP contribution in [0.25, 0.3) is 0 Å². The summed E-state index contributed by atoms with van der Waals surface area (Å²) in [6.45, 7) is 0.798. The molecule has 2 aliphatic rings. The molecule has 0 aliphatic heterocycles. The number of rotatable bonds is 3. The minimum atomic E-state index is -0.347. The molecule has 1 saturated carbocycles. The molecular formula is C18H15FN2. The third kappa shape index (κ3) is 1.99. The summed E-state index contributed by atoms with van der Waals surface area (Å²) < 4.78 is 13.8. The highest BCUT2D eigenvalue weighted by Crippen LogP contribution is 2.61. The Bertz CT molecular complexity index is 747. The third-order valence-electron chi connectivity index (χ3n) is 4.83. The number of hydrogen-bond acceptors (Lipinski definition) is 2. The Labute approximate surface area is 123 Å². The molecule has 1 N–H and O–H groups in total. The van der Waals surface area contributed by atoms with Crippen LogP contribution < -0.4 is 5.32 Å². The van der Waals surface area contributed by atoms with E-state index in [2.05, 4.69) is 29.6 Å². The Balaban J connectivity index is 1.43. The Morgan fingerprint density at radius 2 is 2.10 bits per heavy atom. The predicted molar refractivity (Wildman–Crippen MR) is 79.5 cm³/mol. The van der Waals surface area contributed by atoms with Gasteiger partial charge in [0.25, 0.3) is 0 Å². The van der Waals surface area contributed by atoms with Crippen molar-refractivity contribution in [3.8, 4) is 6.07 Å². The van der Waals surface area contributed by atoms with Gasteiger partial charge in [0.1, 0.15) is 5.82 Å². The van der Waals surface area contributed by atoms with Crippen molar-refractivity contribution in [2.45, 2.75) is 12.3 Å². The van der Waals surface area contributed by atoms with Crippen molar-refractivity contribution in [1.82, 2.24) is 0 Å². The summed E-state index contributed by atoms with van der Waals surface area (Å²) >= 11 is 0. The van der Waals surface area contributed by atoms with Crippen LogP contribution in [0.5, 0.6) is 0 Å². The summed E-state index contributed by atoms with van der Waals surface area (Å²) in [6.07, 6.45) is 1.16. The van der Waals surface area contributed by atoms with E-state index in [9.17, 15) is 4.39 Å². The van der Waals surface area contributed by atoms with Crippen LogP contribution in [0.4, 0.5) is 10.1 Å². The number of halogens is 1. The Morgan fingerprint density at radius 3 is 2.90 bits per heavy atom. The van der Waals surface area contributed by atoms with Crippen molar-refractivity contribution in [2.75, 3.05) is 11.9 Å². The molecule has 0 amide bonds. The highest BCUT2D eigenvalue weighted by molar-refractivity contribution is 5.50. The average Bonchev–Trinajstić information content (AvgIpc) is 3.04. The van der Waals surface area contributed by atoms with Gasteiger partial charge in [0.15, 0.2) is 0 Å². The van der Waals surface area contributed by atoms with Crippen LogP contribution in [-0.2, 0) is 6.42 Å². The summed E-state index contributed by atoms with van der Waals surface area (Å²) in [5, 5.41) is 11.9. The molecule has 0 radical (unpaired) electrons. The van der Waals surface area contributed by atoms with Gasteiger partial charge in [-0.25, -0.2) is 4.39 Å². The van der Waals surface area contributed by atoms with E-state index >= 15 is 0 Å². The third-order valence-corrected chi connectivity index (χ3v) is 4.83. The van der Waals surface area contributed by atoms with E-state index in [-0.39, 0.29) is 5.82 Å². The molecule has 2 aromatic rings. The van der Waals surface area contributed by atoms with Crippen molar-refractivity contribution in [3.63, 3.8) is 0 Å². The number of fused-ring (bicyclic) bond motifs is 3. The first-order valence-corrected chi connectivity index (χ1v) is 7.29. The number of benzene rings is 2. The number of nitrogens with one attached hydrogen (secondary N) is 1. The van der Waals surface area contributed by atoms with Crippen molar-refractivity contribution in [3.05, 3.63) is 65.0 Å². The Morgan fingerprint density at radius 1 is 1.24 bits per heavy atom. The highest BCUT2D eigenvalue weighted by atomic mass is 19.1. The second kappa shape index (κ2) is 4.60. The van der Waals surface area contributed by atoms with Gasteiger partial charge in [0.05, 0.1) is 17.3 Å². The maximum absolute atomic E-state index is 13.8. The zero-order valence-electron chi connectivity index (χ0n) is 11.5. The summed E-state index contributed by atoms with van der Waals surface area (Å²) in [4.78, 5) is 0. The Hall–Kier alpha value is -2.34. The molecule has 3 unspecified atom stereocenters. The lowest BCUT2D eigenvalue weighted by atomic mass is 10.0. The minimum Gasteiger partial charge on any atom is -0.382 e. The van der Waals surface area contributed by atoms with Crippen LogP contribution in [0.2, 0.25) is 0 Å². The van der Waals surface area contributed by atoms with Crippen molar-refractivity contribution in [1.29, 1.82) is 5.26 Å². The molecule has 3 heteroatoms. The number of nitrogens with zero attached hydrogens (tertiary/aromatic N) is 1. The quantitative estimate of drug-likeness (QED) is 0.929. The van der Waals surface area contributed by atoms with E-state index in [0.29, 0.717) is 23.1 Å². The van der Waals surface area contributed by atoms with Crippen LogP contribution in [0.15, 0.2) is 42.5 Å². The van der Waals surface area contributed by atoms with Crippen LogP contribution in [0.3, 0.4) is 0 Å². The SMILES string of the molecule is N#Cc1ccc(NCC2C3Cc4ccccc4C23)c(F)c1. The summed E-state index contributed by atoms with van der Waals surface area (Å²) in [6, 6.07) is 15.2. The lowest BCUT2D eigenvalue weighted by molar-refractivity contribution is 0.627. The molecule has 4 rings (SSSR count). The summed E-state index contributed by atoms with van der Waals surface area (Å²) in [5.41, 5.74) is 3.81. The minimum absolute atomic E-state index is 0.347. The van der Waals surface area contributed by atoms with E-state index in [1.54, 1.807) is 12.1 Å². The molecule has 0 bridgehead atoms. The van der Waals surface area contributed by atoms with Crippen LogP contribution >= 0.6 is 0 Å². The van der Waals surface area contributed by atoms with Gasteiger partial charge in [-0.3, -0.25) is 0 Å². The van der Waals surface area contributed by atoms with Crippen LogP contribution in [0, 0.1) is 29.0 Å². The lowest BCUT2D eigenvalue weighted by Gasteiger charge is -2.10. The molecule has 0 heterocycles. The standard InChI is InChI=1S/C18H15FN2/c19-16-7-11(9-20)5-6-17(16)21-10-15-14-8-12-3-1-2-4-13(12)18(14)15/h1-7,14-15,18,21H,8,10H2. The first kappa shape index (κ1) is 12.4. The monoisotopic (exact) mass is 278 g/mol. The van der Waals surface area contributed by atoms with Gasteiger partial charge in [0, 0.05) is 6.54 Å². The van der Waals surface area contributed by atoms with E-state index in [1.807, 2.05) is 6.07 Å². The fraction of sp³-hybridized carbons (Fsp3) is 0.278. The van der Waals surface area contributed by atoms with Gasteiger partial charge < -0.3 is 5.32 Å². The van der Waals surface area contributed by atoms with E-state index in [0.717, 1.165) is 18.9 Å². The van der Waals surface area contributed by atoms with Gasteiger partial charge in [0.2, 0.25) is 0 Å². The van der Waals surface area contributed by atoms with Gasteiger partial charge >= 0.3 is 0 Å². The van der Waals surface area contributed by atoms with E-state index in [4.69, 9.17) is 5.26 Å². The second-order valence-corrected chi connectivity index (χ2v) is 5.94. The topological polar surface area (TPSA) is 35.8 Å². The summed E-state index contributed by atoms with van der Waals surface area (Å²) in [7, 11) is 0. The number of hydrogen-bond donors (Lipinski definition) is 1. The lowest BCUT2D eigenvalue weighted by Crippen LogP contribution is -2.09. The predicted octanol–water partition coefficient (Wildman–Crippen LogP) is 3.70. The first-order valence-electron chi connectivity index (χ1n) is 7.29. The first-order chi connectivity index (χ1) is 10.3. The van der Waals surface area contributed by atoms with E-state index in [1.165, 1.54) is 17.2 Å². The van der Waals surface area contributed by atoms with Crippen molar-refractivity contribution >= 4 is 5.69 Å². The zero-order chi connectivity index (χ0) is 14.4. The fourth-order valence-electron chi connectivity index (χ4n) is 3.72. The van der Waals surface area contributed by atoms with Gasteiger partial charge in [-0.2, -0.15) is 5.26 Å². The molecule has 0 spiro atoms. The molecule has 2 aliphatic carbocycles. The highest BCUT2D eigenvalue weighted by Gasteiger charge is 2.54. The van der Waals surface area contributed by atoms with Crippen molar-refractivity contribution in [2.24, 2.45) is 11.8 Å². The molecule has 1 fully saturated rings. The fourth-order valence-corrected chi connectivity index (χ4v) is 3.72. The second-order valence-electron chi connectivity index (χ2n) is 5.94. The number of anilines is 1. The van der Waals surface area contributed by atoms with Crippen molar-refractivity contribution < 1.29 is 4.39 Å². The molecule has 2 aromatic carbocycles. The number of nitriles is 1. The molecule has 0 saturated heterocycles. The molecule has 21 heavy (non-hydrogen) atoms. The Kier molecular flexibility index (Phi) is 2.71. The van der Waals surface area contributed by atoms with Crippen LogP contribution in [-0.4, -0.2) is 6.54 Å². The molecule has 2 nitrogen and oxygen atoms in total. The van der Waals surface area contributed by atoms with Gasteiger partial charge in [-0.05, 0) is 53.5 Å². The largest absolute Gasteiger partial charge is 0.382 e. The molecule has 104 valence electrons.